The summed E-state index contributed by atoms with van der Waals surface area (Å²) in [6.45, 7) is 0. The maximum absolute atomic E-state index is 11.1. The van der Waals surface area contributed by atoms with Crippen LogP contribution in [0.15, 0.2) is 36.4 Å². The Balaban J connectivity index is 0. The van der Waals surface area contributed by atoms with E-state index in [4.69, 9.17) is 0 Å². The molecule has 2 aliphatic rings. The zero-order valence-corrected chi connectivity index (χ0v) is 17.9. The first kappa shape index (κ1) is 26.2. The zero-order chi connectivity index (χ0) is 13.9. The topological polar surface area (TPSA) is 34.1 Å². The SMILES string of the molecule is C.C.O=C1CCc2c[c-]ccc21.O=C1CCc2c[c-]ccc21.[Y].[Y]. The fourth-order valence-electron chi connectivity index (χ4n) is 2.65. The van der Waals surface area contributed by atoms with Gasteiger partial charge in [0.25, 0.3) is 0 Å². The number of carbonyl (C=O) groups is 2. The van der Waals surface area contributed by atoms with E-state index in [2.05, 4.69) is 12.1 Å². The van der Waals surface area contributed by atoms with Crippen molar-refractivity contribution in [1.82, 2.24) is 0 Å². The van der Waals surface area contributed by atoms with Crippen LogP contribution in [0.4, 0.5) is 0 Å². The first-order valence-corrected chi connectivity index (χ1v) is 6.80. The molecule has 2 aromatic rings. The summed E-state index contributed by atoms with van der Waals surface area (Å²) in [7, 11) is 0. The van der Waals surface area contributed by atoms with Gasteiger partial charge in [0.15, 0.2) is 0 Å². The van der Waals surface area contributed by atoms with Crippen molar-refractivity contribution in [2.45, 2.75) is 40.5 Å². The van der Waals surface area contributed by atoms with Crippen LogP contribution >= 0.6 is 0 Å². The minimum absolute atomic E-state index is 0. The smallest absolute Gasteiger partial charge is 0.138 e. The van der Waals surface area contributed by atoms with E-state index < -0.39 is 0 Å². The van der Waals surface area contributed by atoms with E-state index in [0.717, 1.165) is 35.1 Å². The first-order valence-electron chi connectivity index (χ1n) is 6.80. The van der Waals surface area contributed by atoms with Gasteiger partial charge >= 0.3 is 0 Å². The summed E-state index contributed by atoms with van der Waals surface area (Å²) >= 11 is 0. The summed E-state index contributed by atoms with van der Waals surface area (Å²) in [5.41, 5.74) is 4.12. The standard InChI is InChI=1S/2C9H7O.2CH4.2Y/c2*10-9-6-5-7-3-1-2-4-8(7)9;;;;/h2*2-4H,5-6H2;2*1H4;;/q2*-1;;;;. The molecule has 0 saturated carbocycles. The molecule has 0 spiro atoms. The van der Waals surface area contributed by atoms with Crippen molar-refractivity contribution in [3.63, 3.8) is 0 Å². The van der Waals surface area contributed by atoms with Crippen molar-refractivity contribution >= 4 is 11.6 Å². The van der Waals surface area contributed by atoms with E-state index in [0.29, 0.717) is 12.8 Å². The van der Waals surface area contributed by atoms with Crippen LogP contribution in [-0.2, 0) is 78.3 Å². The van der Waals surface area contributed by atoms with Gasteiger partial charge in [-0.05, 0) is 0 Å². The van der Waals surface area contributed by atoms with Gasteiger partial charge in [-0.15, -0.1) is 11.1 Å². The van der Waals surface area contributed by atoms with Crippen molar-refractivity contribution in [2.75, 3.05) is 0 Å². The predicted octanol–water partition coefficient (Wildman–Crippen LogP) is 4.50. The van der Waals surface area contributed by atoms with Crippen molar-refractivity contribution in [1.29, 1.82) is 0 Å². The summed E-state index contributed by atoms with van der Waals surface area (Å²) in [4.78, 5) is 22.1. The van der Waals surface area contributed by atoms with Crippen LogP contribution in [0.2, 0.25) is 0 Å². The molecule has 2 aliphatic carbocycles. The first-order chi connectivity index (χ1) is 9.75. The van der Waals surface area contributed by atoms with Gasteiger partial charge in [-0.3, -0.25) is 9.59 Å². The predicted molar refractivity (Wildman–Crippen MR) is 89.3 cm³/mol. The Hall–Kier alpha value is -0.0122. The van der Waals surface area contributed by atoms with E-state index >= 15 is 0 Å². The van der Waals surface area contributed by atoms with Crippen molar-refractivity contribution in [3.8, 4) is 0 Å². The van der Waals surface area contributed by atoms with Gasteiger partial charge in [0.05, 0.1) is 0 Å². The number of fused-ring (bicyclic) bond motifs is 2. The largest absolute Gasteiger partial charge is 0.297 e. The minimum atomic E-state index is 0. The molecule has 0 heterocycles. The van der Waals surface area contributed by atoms with E-state index in [9.17, 15) is 9.59 Å². The summed E-state index contributed by atoms with van der Waals surface area (Å²) in [5.74, 6) is 0.563. The number of hydrogen-bond donors (Lipinski definition) is 0. The van der Waals surface area contributed by atoms with Crippen LogP contribution < -0.4 is 0 Å². The third kappa shape index (κ3) is 6.06. The summed E-state index contributed by atoms with van der Waals surface area (Å²) in [6, 6.07) is 17.0. The minimum Gasteiger partial charge on any atom is -0.297 e. The second-order valence-corrected chi connectivity index (χ2v) is 5.01. The van der Waals surface area contributed by atoms with Gasteiger partial charge < -0.3 is 0 Å². The average Bonchev–Trinajstić information content (AvgIpc) is 3.05. The van der Waals surface area contributed by atoms with Gasteiger partial charge in [0.2, 0.25) is 0 Å². The van der Waals surface area contributed by atoms with Gasteiger partial charge in [-0.2, -0.15) is 48.5 Å². The monoisotopic (exact) mass is 472 g/mol. The van der Waals surface area contributed by atoms with Gasteiger partial charge in [0, 0.05) is 78.3 Å². The Morgan fingerprint density at radius 1 is 0.667 bits per heavy atom. The van der Waals surface area contributed by atoms with E-state index in [-0.39, 0.29) is 91.8 Å². The number of ketones is 2. The maximum Gasteiger partial charge on any atom is 0.138 e. The van der Waals surface area contributed by atoms with Crippen LogP contribution in [-0.4, -0.2) is 11.6 Å². The zero-order valence-electron chi connectivity index (χ0n) is 12.3. The molecule has 2 nitrogen and oxygen atoms in total. The summed E-state index contributed by atoms with van der Waals surface area (Å²) < 4.78 is 0. The van der Waals surface area contributed by atoms with Crippen LogP contribution in [0.1, 0.15) is 59.5 Å². The number of Topliss-reactive ketones (excluding diaryl/α,β-unsaturated/α-hetero) is 2. The molecule has 24 heavy (non-hydrogen) atoms. The third-order valence-electron chi connectivity index (χ3n) is 3.74. The molecule has 0 bridgehead atoms. The number of aryl methyl sites for hydroxylation is 2. The molecule has 0 fully saturated rings. The molecule has 0 saturated heterocycles. The third-order valence-corrected chi connectivity index (χ3v) is 3.74. The van der Waals surface area contributed by atoms with Crippen LogP contribution in [0, 0.1) is 12.1 Å². The Bertz CT molecular complexity index is 621. The number of benzene rings is 2. The summed E-state index contributed by atoms with van der Waals surface area (Å²) in [5, 5.41) is 0. The fourth-order valence-corrected chi connectivity index (χ4v) is 2.65. The molecule has 4 rings (SSSR count). The van der Waals surface area contributed by atoms with E-state index in [1.807, 2.05) is 24.3 Å². The van der Waals surface area contributed by atoms with Crippen molar-refractivity contribution < 1.29 is 75.0 Å². The van der Waals surface area contributed by atoms with Crippen molar-refractivity contribution in [2.24, 2.45) is 0 Å². The van der Waals surface area contributed by atoms with Crippen LogP contribution in [0.5, 0.6) is 0 Å². The molecule has 0 aliphatic heterocycles. The Morgan fingerprint density at radius 2 is 1.04 bits per heavy atom. The van der Waals surface area contributed by atoms with E-state index in [1.54, 1.807) is 12.1 Å². The molecule has 0 amide bonds. The van der Waals surface area contributed by atoms with Crippen molar-refractivity contribution in [3.05, 3.63) is 70.8 Å². The second-order valence-electron chi connectivity index (χ2n) is 5.01. The van der Waals surface area contributed by atoms with Gasteiger partial charge in [-0.25, -0.2) is 0 Å². The number of rotatable bonds is 0. The molecule has 4 heteroatoms. The number of hydrogen-bond acceptors (Lipinski definition) is 2. The van der Waals surface area contributed by atoms with Crippen LogP contribution in [0.3, 0.4) is 0 Å². The molecule has 2 radical (unpaired) electrons. The molecule has 122 valence electrons. The fraction of sp³-hybridized carbons (Fsp3) is 0.300. The van der Waals surface area contributed by atoms with Crippen LogP contribution in [0.25, 0.3) is 0 Å². The molecule has 2 aromatic carbocycles. The Labute approximate surface area is 196 Å². The number of carbonyl (C=O) groups excluding carboxylic acids is 2. The molecular formula is C20H22O2Y2-2. The second kappa shape index (κ2) is 12.4. The van der Waals surface area contributed by atoms with Gasteiger partial charge in [-0.1, -0.05) is 38.8 Å². The molecule has 0 unspecified atom stereocenters. The van der Waals surface area contributed by atoms with Gasteiger partial charge in [0.1, 0.15) is 11.6 Å². The van der Waals surface area contributed by atoms with E-state index in [1.165, 1.54) is 0 Å². The normalized spacial score (nSPS) is 12.8. The molecular weight excluding hydrogens is 450 g/mol. The Morgan fingerprint density at radius 3 is 1.38 bits per heavy atom. The molecule has 0 N–H and O–H groups in total. The maximum atomic E-state index is 11.1. The Kier molecular flexibility index (Phi) is 13.5. The summed E-state index contributed by atoms with van der Waals surface area (Å²) in [6.07, 6.45) is 3.19. The molecule has 0 atom stereocenters. The average molecular weight is 472 g/mol. The molecule has 0 aromatic heterocycles. The quantitative estimate of drug-likeness (QED) is 0.530.